The molecule has 1 aliphatic heterocycles. The molecule has 0 unspecified atom stereocenters. The van der Waals surface area contributed by atoms with Crippen LogP contribution in [0.4, 0.5) is 0 Å². The summed E-state index contributed by atoms with van der Waals surface area (Å²) in [5.74, 6) is -0.0918. The van der Waals surface area contributed by atoms with E-state index in [0.717, 1.165) is 31.2 Å². The number of nitrogens with zero attached hydrogens (tertiary/aromatic N) is 3. The highest BCUT2D eigenvalue weighted by Gasteiger charge is 2.52. The first-order chi connectivity index (χ1) is 12.4. The van der Waals surface area contributed by atoms with Crippen LogP contribution in [-0.2, 0) is 22.7 Å². The fraction of sp³-hybridized carbons (Fsp3) is 0.526. The number of piperidine rings is 1. The summed E-state index contributed by atoms with van der Waals surface area (Å²) in [6, 6.07) is 9.52. The Morgan fingerprint density at radius 2 is 1.92 bits per heavy atom. The van der Waals surface area contributed by atoms with E-state index in [0.29, 0.717) is 13.0 Å². The molecule has 6 nitrogen and oxygen atoms in total. The largest absolute Gasteiger partial charge is 0.385 e. The van der Waals surface area contributed by atoms with Crippen LogP contribution in [0.3, 0.4) is 0 Å². The Hall–Kier alpha value is -1.70. The van der Waals surface area contributed by atoms with Gasteiger partial charge >= 0.3 is 0 Å². The van der Waals surface area contributed by atoms with Crippen molar-refractivity contribution in [2.45, 2.75) is 48.8 Å². The van der Waals surface area contributed by atoms with Crippen molar-refractivity contribution in [3.63, 3.8) is 0 Å². The zero-order valence-electron chi connectivity index (χ0n) is 15.0. The molecule has 1 aliphatic carbocycles. The van der Waals surface area contributed by atoms with Gasteiger partial charge in [0.2, 0.25) is 0 Å². The van der Waals surface area contributed by atoms with Crippen LogP contribution in [0.25, 0.3) is 0 Å². The molecule has 2 aliphatic rings. The summed E-state index contributed by atoms with van der Waals surface area (Å²) in [6.07, 6.45) is 7.09. The maximum absolute atomic E-state index is 13.2. The van der Waals surface area contributed by atoms with Gasteiger partial charge in [-0.3, -0.25) is 0 Å². The summed E-state index contributed by atoms with van der Waals surface area (Å²) in [5.41, 5.74) is -0.0746. The second-order valence-electron chi connectivity index (χ2n) is 7.49. The van der Waals surface area contributed by atoms with Crippen molar-refractivity contribution in [2.24, 2.45) is 13.0 Å². The number of hydrogen-bond donors (Lipinski definition) is 1. The SMILES string of the molecule is Cn1cnc(S(=O)(=O)N2CC[C@](O)(c3ccccc3)[C@@H]3CCCC[C@H]32)c1. The number of aromatic nitrogens is 2. The van der Waals surface area contributed by atoms with E-state index < -0.39 is 15.6 Å². The average Bonchev–Trinajstić information content (AvgIpc) is 3.10. The van der Waals surface area contributed by atoms with Crippen molar-refractivity contribution in [2.75, 3.05) is 6.54 Å². The second kappa shape index (κ2) is 6.48. The molecule has 0 spiro atoms. The normalized spacial score (nSPS) is 30.1. The molecular formula is C19H25N3O3S. The monoisotopic (exact) mass is 375 g/mol. The number of fused-ring (bicyclic) bond motifs is 1. The Balaban J connectivity index is 1.71. The molecular weight excluding hydrogens is 350 g/mol. The van der Waals surface area contributed by atoms with Crippen LogP contribution in [0.5, 0.6) is 0 Å². The van der Waals surface area contributed by atoms with Gasteiger partial charge in [0.1, 0.15) is 0 Å². The van der Waals surface area contributed by atoms with E-state index in [1.165, 1.54) is 6.33 Å². The highest BCUT2D eigenvalue weighted by molar-refractivity contribution is 7.89. The van der Waals surface area contributed by atoms with Gasteiger partial charge in [-0.05, 0) is 24.8 Å². The van der Waals surface area contributed by atoms with Crippen molar-refractivity contribution >= 4 is 10.0 Å². The highest BCUT2D eigenvalue weighted by atomic mass is 32.2. The lowest BCUT2D eigenvalue weighted by atomic mass is 9.67. The van der Waals surface area contributed by atoms with E-state index in [1.54, 1.807) is 22.1 Å². The summed E-state index contributed by atoms with van der Waals surface area (Å²) in [5, 5.41) is 11.6. The van der Waals surface area contributed by atoms with Crippen molar-refractivity contribution in [3.8, 4) is 0 Å². The van der Waals surface area contributed by atoms with E-state index in [4.69, 9.17) is 0 Å². The fourth-order valence-corrected chi connectivity index (χ4v) is 6.33. The molecule has 2 fully saturated rings. The third kappa shape index (κ3) is 2.78. The Morgan fingerprint density at radius 3 is 2.62 bits per heavy atom. The molecule has 0 bridgehead atoms. The van der Waals surface area contributed by atoms with Gasteiger partial charge in [0.15, 0.2) is 5.03 Å². The number of aryl methyl sites for hydroxylation is 1. The van der Waals surface area contributed by atoms with Gasteiger partial charge in [0.25, 0.3) is 10.0 Å². The lowest BCUT2D eigenvalue weighted by Crippen LogP contribution is -2.58. The van der Waals surface area contributed by atoms with E-state index in [9.17, 15) is 13.5 Å². The van der Waals surface area contributed by atoms with Crippen LogP contribution in [0.2, 0.25) is 0 Å². The molecule has 7 heteroatoms. The molecule has 1 saturated carbocycles. The Bertz CT molecular complexity index is 880. The molecule has 3 atom stereocenters. The lowest BCUT2D eigenvalue weighted by molar-refractivity contribution is -0.100. The van der Waals surface area contributed by atoms with Gasteiger partial charge in [-0.25, -0.2) is 13.4 Å². The highest BCUT2D eigenvalue weighted by Crippen LogP contribution is 2.48. The summed E-state index contributed by atoms with van der Waals surface area (Å²) in [6.45, 7) is 0.311. The minimum absolute atomic E-state index is 0.0918. The van der Waals surface area contributed by atoms with Crippen LogP contribution >= 0.6 is 0 Å². The number of hydrogen-bond acceptors (Lipinski definition) is 4. The first kappa shape index (κ1) is 17.7. The zero-order valence-corrected chi connectivity index (χ0v) is 15.8. The maximum atomic E-state index is 13.2. The molecule has 1 aromatic heterocycles. The number of aliphatic hydroxyl groups is 1. The van der Waals surface area contributed by atoms with Gasteiger partial charge in [0.05, 0.1) is 11.9 Å². The van der Waals surface area contributed by atoms with Crippen LogP contribution in [0, 0.1) is 5.92 Å². The predicted molar refractivity (Wildman–Crippen MR) is 97.8 cm³/mol. The quantitative estimate of drug-likeness (QED) is 0.893. The van der Waals surface area contributed by atoms with Gasteiger partial charge < -0.3 is 9.67 Å². The standard InChI is InChI=1S/C19H25N3O3S/c1-21-13-18(20-14-21)26(24,25)22-12-11-19(23,15-7-3-2-4-8-15)16-9-5-6-10-17(16)22/h2-4,7-8,13-14,16-17,23H,5-6,9-12H2,1H3/t16-,17-,19+/m1/s1. The third-order valence-electron chi connectivity index (χ3n) is 5.95. The Labute approximate surface area is 154 Å². The number of sulfonamides is 1. The van der Waals surface area contributed by atoms with E-state index in [1.807, 2.05) is 30.3 Å². The van der Waals surface area contributed by atoms with Crippen LogP contribution < -0.4 is 0 Å². The lowest BCUT2D eigenvalue weighted by Gasteiger charge is -2.51. The average molecular weight is 375 g/mol. The summed E-state index contributed by atoms with van der Waals surface area (Å²) in [7, 11) is -1.89. The number of benzene rings is 1. The van der Waals surface area contributed by atoms with Crippen molar-refractivity contribution < 1.29 is 13.5 Å². The molecule has 2 aromatic rings. The fourth-order valence-electron chi connectivity index (χ4n) is 4.67. The van der Waals surface area contributed by atoms with Crippen molar-refractivity contribution in [1.82, 2.24) is 13.9 Å². The van der Waals surface area contributed by atoms with E-state index >= 15 is 0 Å². The molecule has 0 radical (unpaired) electrons. The molecule has 2 heterocycles. The predicted octanol–water partition coefficient (Wildman–Crippen LogP) is 2.26. The van der Waals surface area contributed by atoms with Crippen molar-refractivity contribution in [1.29, 1.82) is 0 Å². The van der Waals surface area contributed by atoms with Gasteiger partial charge in [0, 0.05) is 31.7 Å². The minimum Gasteiger partial charge on any atom is -0.385 e. The van der Waals surface area contributed by atoms with Crippen LogP contribution in [-0.4, -0.2) is 40.0 Å². The van der Waals surface area contributed by atoms with E-state index in [2.05, 4.69) is 4.98 Å². The second-order valence-corrected chi connectivity index (χ2v) is 9.33. The van der Waals surface area contributed by atoms with E-state index in [-0.39, 0.29) is 17.0 Å². The number of rotatable bonds is 3. The zero-order chi connectivity index (χ0) is 18.4. The molecule has 0 amide bonds. The molecule has 4 rings (SSSR count). The summed E-state index contributed by atoms with van der Waals surface area (Å²) < 4.78 is 29.6. The summed E-state index contributed by atoms with van der Waals surface area (Å²) >= 11 is 0. The smallest absolute Gasteiger partial charge is 0.262 e. The topological polar surface area (TPSA) is 75.4 Å². The minimum atomic E-state index is -3.65. The van der Waals surface area contributed by atoms with Crippen molar-refractivity contribution in [3.05, 3.63) is 48.4 Å². The van der Waals surface area contributed by atoms with Crippen LogP contribution in [0.1, 0.15) is 37.7 Å². The van der Waals surface area contributed by atoms with Gasteiger partial charge in [-0.1, -0.05) is 43.2 Å². The first-order valence-electron chi connectivity index (χ1n) is 9.20. The molecule has 1 N–H and O–H groups in total. The molecule has 26 heavy (non-hydrogen) atoms. The first-order valence-corrected chi connectivity index (χ1v) is 10.6. The Kier molecular flexibility index (Phi) is 4.41. The molecule has 140 valence electrons. The van der Waals surface area contributed by atoms with Gasteiger partial charge in [-0.2, -0.15) is 4.31 Å². The Morgan fingerprint density at radius 1 is 1.19 bits per heavy atom. The molecule has 1 saturated heterocycles. The third-order valence-corrected chi connectivity index (χ3v) is 7.76. The maximum Gasteiger partial charge on any atom is 0.262 e. The number of imidazole rings is 1. The van der Waals surface area contributed by atoms with Crippen LogP contribution in [0.15, 0.2) is 47.9 Å². The van der Waals surface area contributed by atoms with Gasteiger partial charge in [-0.15, -0.1) is 0 Å². The molecule has 1 aromatic carbocycles. The summed E-state index contributed by atoms with van der Waals surface area (Å²) in [4.78, 5) is 4.07.